The number of nitrogens with zero attached hydrogens (tertiary/aromatic N) is 3. The maximum Gasteiger partial charge on any atom is 0.268 e. The maximum absolute atomic E-state index is 12.5. The van der Waals surface area contributed by atoms with E-state index in [0.717, 1.165) is 11.4 Å². The van der Waals surface area contributed by atoms with Crippen molar-refractivity contribution in [1.29, 1.82) is 5.26 Å². The van der Waals surface area contributed by atoms with Crippen LogP contribution in [-0.2, 0) is 11.2 Å². The number of methoxy groups -OCH3 is 1. The van der Waals surface area contributed by atoms with Gasteiger partial charge in [-0.2, -0.15) is 5.26 Å². The van der Waals surface area contributed by atoms with E-state index in [1.165, 1.54) is 17.4 Å². The molecule has 0 saturated heterocycles. The number of aryl methyl sites for hydroxylation is 1. The van der Waals surface area contributed by atoms with Crippen LogP contribution in [0.15, 0.2) is 48.0 Å². The lowest BCUT2D eigenvalue weighted by Gasteiger charge is -2.14. The Hall–Kier alpha value is -4.10. The number of nitrogens with one attached hydrogen (secondary N) is 1. The number of amides is 1. The molecular formula is C25H26N4O5S. The lowest BCUT2D eigenvalue weighted by atomic mass is 10.1. The normalized spacial score (nSPS) is 10.9. The largest absolute Gasteiger partial charge is 0.493 e. The maximum atomic E-state index is 12.5. The summed E-state index contributed by atoms with van der Waals surface area (Å²) in [5, 5.41) is 21.1. The van der Waals surface area contributed by atoms with E-state index in [-0.39, 0.29) is 12.2 Å². The molecule has 1 amide bonds. The SMILES string of the molecule is CCOc1cc(/C=C(/C#N)C(=O)Nc2nnc(CC)s2)ccc1OCCOc1ccccc1OC. The first-order valence-corrected chi connectivity index (χ1v) is 11.8. The van der Waals surface area contributed by atoms with Gasteiger partial charge in [-0.05, 0) is 49.2 Å². The summed E-state index contributed by atoms with van der Waals surface area (Å²) in [4.78, 5) is 12.5. The number of hydrogen-bond donors (Lipinski definition) is 1. The molecule has 0 radical (unpaired) electrons. The number of ether oxygens (including phenoxy) is 4. The zero-order valence-electron chi connectivity index (χ0n) is 19.7. The zero-order valence-corrected chi connectivity index (χ0v) is 20.6. The Morgan fingerprint density at radius 3 is 2.37 bits per heavy atom. The Morgan fingerprint density at radius 2 is 1.74 bits per heavy atom. The van der Waals surface area contributed by atoms with E-state index in [0.29, 0.717) is 46.9 Å². The van der Waals surface area contributed by atoms with Crippen molar-refractivity contribution in [3.63, 3.8) is 0 Å². The predicted molar refractivity (Wildman–Crippen MR) is 133 cm³/mol. The standard InChI is InChI=1S/C25H26N4O5S/c1-4-23-28-29-25(35-23)27-24(30)18(16-26)14-17-10-11-21(22(15-17)32-5-2)34-13-12-33-20-9-7-6-8-19(20)31-3/h6-11,14-15H,4-5,12-13H2,1-3H3,(H,27,29,30)/b18-14-. The van der Waals surface area contributed by atoms with Gasteiger partial charge in [-0.25, -0.2) is 0 Å². The molecular weight excluding hydrogens is 468 g/mol. The average molecular weight is 495 g/mol. The van der Waals surface area contributed by atoms with E-state index in [1.807, 2.05) is 44.2 Å². The zero-order chi connectivity index (χ0) is 25.0. The summed E-state index contributed by atoms with van der Waals surface area (Å²) in [6, 6.07) is 14.5. The average Bonchev–Trinajstić information content (AvgIpc) is 3.34. The molecule has 0 atom stereocenters. The molecule has 1 aromatic heterocycles. The summed E-state index contributed by atoms with van der Waals surface area (Å²) >= 11 is 1.27. The van der Waals surface area contributed by atoms with Gasteiger partial charge in [0.2, 0.25) is 5.13 Å². The van der Waals surface area contributed by atoms with Crippen molar-refractivity contribution in [3.05, 3.63) is 58.6 Å². The van der Waals surface area contributed by atoms with Crippen LogP contribution in [0.5, 0.6) is 23.0 Å². The van der Waals surface area contributed by atoms with Crippen molar-refractivity contribution >= 4 is 28.5 Å². The first-order chi connectivity index (χ1) is 17.1. The van der Waals surface area contributed by atoms with E-state index < -0.39 is 5.91 Å². The Bertz CT molecular complexity index is 1220. The predicted octanol–water partition coefficient (Wildman–Crippen LogP) is 4.51. The third kappa shape index (κ3) is 7.19. The van der Waals surface area contributed by atoms with Gasteiger partial charge in [0.25, 0.3) is 5.91 Å². The lowest BCUT2D eigenvalue weighted by Crippen LogP contribution is -2.13. The molecule has 0 unspecified atom stereocenters. The minimum absolute atomic E-state index is 0.0698. The molecule has 0 aliphatic heterocycles. The first kappa shape index (κ1) is 25.5. The lowest BCUT2D eigenvalue weighted by molar-refractivity contribution is -0.112. The van der Waals surface area contributed by atoms with Gasteiger partial charge in [0.1, 0.15) is 29.9 Å². The number of carbonyl (C=O) groups excluding carboxylic acids is 1. The van der Waals surface area contributed by atoms with Gasteiger partial charge >= 0.3 is 0 Å². The van der Waals surface area contributed by atoms with Crippen LogP contribution in [-0.4, -0.2) is 43.0 Å². The molecule has 0 aliphatic rings. The fourth-order valence-corrected chi connectivity index (χ4v) is 3.64. The Kier molecular flexibility index (Phi) is 9.45. The summed E-state index contributed by atoms with van der Waals surface area (Å²) in [6.07, 6.45) is 2.20. The molecule has 1 heterocycles. The summed E-state index contributed by atoms with van der Waals surface area (Å²) in [5.74, 6) is 1.74. The van der Waals surface area contributed by atoms with Crippen molar-refractivity contribution in [2.75, 3.05) is 32.2 Å². The van der Waals surface area contributed by atoms with Crippen molar-refractivity contribution in [1.82, 2.24) is 10.2 Å². The topological polar surface area (TPSA) is 116 Å². The van der Waals surface area contributed by atoms with E-state index in [4.69, 9.17) is 18.9 Å². The molecule has 9 nitrogen and oxygen atoms in total. The Balaban J connectivity index is 1.66. The van der Waals surface area contributed by atoms with Gasteiger partial charge in [-0.1, -0.05) is 36.5 Å². The monoisotopic (exact) mass is 494 g/mol. The van der Waals surface area contributed by atoms with Gasteiger partial charge in [-0.15, -0.1) is 10.2 Å². The summed E-state index contributed by atoms with van der Waals surface area (Å²) in [7, 11) is 1.59. The molecule has 182 valence electrons. The number of anilines is 1. The van der Waals surface area contributed by atoms with Crippen molar-refractivity contribution in [2.24, 2.45) is 0 Å². The van der Waals surface area contributed by atoms with Gasteiger partial charge in [-0.3, -0.25) is 10.1 Å². The van der Waals surface area contributed by atoms with Crippen LogP contribution in [0.2, 0.25) is 0 Å². The molecule has 0 fully saturated rings. The van der Waals surface area contributed by atoms with Crippen LogP contribution in [0, 0.1) is 11.3 Å². The van der Waals surface area contributed by atoms with Crippen LogP contribution in [0.4, 0.5) is 5.13 Å². The number of aromatic nitrogens is 2. The molecule has 0 spiro atoms. The van der Waals surface area contributed by atoms with Crippen LogP contribution in [0.3, 0.4) is 0 Å². The molecule has 0 aliphatic carbocycles. The summed E-state index contributed by atoms with van der Waals surface area (Å²) in [6.45, 7) is 4.81. The van der Waals surface area contributed by atoms with E-state index in [9.17, 15) is 10.1 Å². The van der Waals surface area contributed by atoms with Gasteiger partial charge in [0.15, 0.2) is 23.0 Å². The van der Waals surface area contributed by atoms with Crippen molar-refractivity contribution < 1.29 is 23.7 Å². The summed E-state index contributed by atoms with van der Waals surface area (Å²) < 4.78 is 22.5. The molecule has 3 aromatic rings. The quantitative estimate of drug-likeness (QED) is 0.222. The third-order valence-electron chi connectivity index (χ3n) is 4.60. The van der Waals surface area contributed by atoms with Crippen molar-refractivity contribution in [3.8, 4) is 29.1 Å². The Labute approximate surface area is 207 Å². The second kappa shape index (κ2) is 13.0. The second-order valence-corrected chi connectivity index (χ2v) is 8.03. The van der Waals surface area contributed by atoms with Crippen molar-refractivity contribution in [2.45, 2.75) is 20.3 Å². The molecule has 0 bridgehead atoms. The highest BCUT2D eigenvalue weighted by Gasteiger charge is 2.14. The minimum Gasteiger partial charge on any atom is -0.493 e. The van der Waals surface area contributed by atoms with E-state index in [1.54, 1.807) is 25.3 Å². The number of benzene rings is 2. The van der Waals surface area contributed by atoms with E-state index in [2.05, 4.69) is 15.5 Å². The number of hydrogen-bond acceptors (Lipinski definition) is 9. The smallest absolute Gasteiger partial charge is 0.268 e. The van der Waals surface area contributed by atoms with Gasteiger partial charge in [0, 0.05) is 0 Å². The first-order valence-electron chi connectivity index (χ1n) is 11.0. The molecule has 35 heavy (non-hydrogen) atoms. The number of nitriles is 1. The van der Waals surface area contributed by atoms with Gasteiger partial charge in [0.05, 0.1) is 13.7 Å². The molecule has 3 rings (SSSR count). The molecule has 1 N–H and O–H groups in total. The minimum atomic E-state index is -0.557. The molecule has 10 heteroatoms. The molecule has 2 aromatic carbocycles. The van der Waals surface area contributed by atoms with Gasteiger partial charge < -0.3 is 18.9 Å². The van der Waals surface area contributed by atoms with Crippen LogP contribution in [0.25, 0.3) is 6.08 Å². The Morgan fingerprint density at radius 1 is 1.03 bits per heavy atom. The summed E-state index contributed by atoms with van der Waals surface area (Å²) in [5.41, 5.74) is 0.545. The number of para-hydroxylation sites is 2. The van der Waals surface area contributed by atoms with E-state index >= 15 is 0 Å². The number of rotatable bonds is 12. The van der Waals surface area contributed by atoms with Crippen LogP contribution < -0.4 is 24.3 Å². The van der Waals surface area contributed by atoms with Crippen LogP contribution >= 0.6 is 11.3 Å². The third-order valence-corrected chi connectivity index (χ3v) is 5.58. The highest BCUT2D eigenvalue weighted by molar-refractivity contribution is 7.15. The highest BCUT2D eigenvalue weighted by atomic mass is 32.1. The second-order valence-electron chi connectivity index (χ2n) is 6.97. The highest BCUT2D eigenvalue weighted by Crippen LogP contribution is 2.30. The fourth-order valence-electron chi connectivity index (χ4n) is 2.97. The molecule has 0 saturated carbocycles. The van der Waals surface area contributed by atoms with Crippen LogP contribution in [0.1, 0.15) is 24.4 Å². The fraction of sp³-hybridized carbons (Fsp3) is 0.280. The number of carbonyl (C=O) groups is 1.